The zero-order chi connectivity index (χ0) is 14.1. The molecule has 0 spiro atoms. The molecule has 100 valence electrons. The van der Waals surface area contributed by atoms with Crippen LogP contribution in [0.1, 0.15) is 0 Å². The van der Waals surface area contributed by atoms with Gasteiger partial charge in [-0.15, -0.1) is 0 Å². The highest BCUT2D eigenvalue weighted by Crippen LogP contribution is 2.37. The van der Waals surface area contributed by atoms with Crippen LogP contribution in [-0.4, -0.2) is 4.98 Å². The summed E-state index contributed by atoms with van der Waals surface area (Å²) in [6, 6.07) is 12.8. The Labute approximate surface area is 129 Å². The highest BCUT2D eigenvalue weighted by atomic mass is 79.9. The Morgan fingerprint density at radius 1 is 1.15 bits per heavy atom. The molecule has 5 heteroatoms. The van der Waals surface area contributed by atoms with Crippen LogP contribution in [-0.2, 0) is 0 Å². The number of benzene rings is 2. The smallest absolute Gasteiger partial charge is 0.164 e. The molecular weight excluding hydrogens is 340 g/mol. The van der Waals surface area contributed by atoms with Gasteiger partial charge in [0.15, 0.2) is 5.75 Å². The third-order valence-electron chi connectivity index (χ3n) is 2.87. The van der Waals surface area contributed by atoms with Crippen molar-refractivity contribution in [2.45, 2.75) is 0 Å². The molecule has 3 rings (SSSR count). The van der Waals surface area contributed by atoms with Gasteiger partial charge in [-0.2, -0.15) is 0 Å². The third-order valence-corrected chi connectivity index (χ3v) is 3.73. The van der Waals surface area contributed by atoms with E-state index >= 15 is 0 Å². The Hall–Kier alpha value is -1.78. The molecule has 0 aliphatic carbocycles. The molecule has 1 heterocycles. The van der Waals surface area contributed by atoms with Crippen molar-refractivity contribution >= 4 is 44.1 Å². The first-order valence-corrected chi connectivity index (χ1v) is 7.08. The van der Waals surface area contributed by atoms with Crippen molar-refractivity contribution in [2.75, 3.05) is 5.73 Å². The minimum atomic E-state index is 0.568. The maximum absolute atomic E-state index is 5.97. The molecule has 0 aliphatic heterocycles. The summed E-state index contributed by atoms with van der Waals surface area (Å²) in [6.07, 6.45) is 1.68. The Balaban J connectivity index is 2.11. The zero-order valence-corrected chi connectivity index (χ0v) is 12.6. The largest absolute Gasteiger partial charge is 0.453 e. The molecule has 0 saturated heterocycles. The van der Waals surface area contributed by atoms with Gasteiger partial charge in [0.25, 0.3) is 0 Å². The van der Waals surface area contributed by atoms with E-state index in [9.17, 15) is 0 Å². The van der Waals surface area contributed by atoms with Gasteiger partial charge in [0.05, 0.1) is 15.7 Å². The molecule has 0 saturated carbocycles. The van der Waals surface area contributed by atoms with Gasteiger partial charge in [-0.3, -0.25) is 4.98 Å². The van der Waals surface area contributed by atoms with E-state index in [0.29, 0.717) is 22.2 Å². The van der Waals surface area contributed by atoms with Crippen LogP contribution in [0.3, 0.4) is 0 Å². The summed E-state index contributed by atoms with van der Waals surface area (Å²) in [6.45, 7) is 0. The predicted molar refractivity (Wildman–Crippen MR) is 85.4 cm³/mol. The number of hydrogen-bond acceptors (Lipinski definition) is 3. The monoisotopic (exact) mass is 348 g/mol. The first kappa shape index (κ1) is 13.2. The van der Waals surface area contributed by atoms with Crippen molar-refractivity contribution < 1.29 is 4.74 Å². The molecule has 3 nitrogen and oxygen atoms in total. The van der Waals surface area contributed by atoms with E-state index in [4.69, 9.17) is 22.1 Å². The second kappa shape index (κ2) is 5.31. The Morgan fingerprint density at radius 3 is 2.80 bits per heavy atom. The van der Waals surface area contributed by atoms with Crippen LogP contribution >= 0.6 is 27.5 Å². The van der Waals surface area contributed by atoms with Gasteiger partial charge in [0.1, 0.15) is 5.75 Å². The number of halogens is 2. The summed E-state index contributed by atoms with van der Waals surface area (Å²) >= 11 is 9.41. The highest BCUT2D eigenvalue weighted by Gasteiger charge is 2.10. The fourth-order valence-electron chi connectivity index (χ4n) is 1.93. The van der Waals surface area contributed by atoms with Gasteiger partial charge in [0.2, 0.25) is 0 Å². The number of nitrogens with two attached hydrogens (primary N) is 1. The number of fused-ring (bicyclic) bond motifs is 1. The molecule has 20 heavy (non-hydrogen) atoms. The van der Waals surface area contributed by atoms with Crippen LogP contribution in [0, 0.1) is 0 Å². The van der Waals surface area contributed by atoms with Crippen LogP contribution in [0.2, 0.25) is 5.02 Å². The topological polar surface area (TPSA) is 48.1 Å². The molecule has 0 amide bonds. The first-order valence-electron chi connectivity index (χ1n) is 5.91. The predicted octanol–water partition coefficient (Wildman–Crippen LogP) is 5.03. The Morgan fingerprint density at radius 2 is 2.00 bits per heavy atom. The molecule has 0 bridgehead atoms. The van der Waals surface area contributed by atoms with Gasteiger partial charge in [-0.25, -0.2) is 0 Å². The van der Waals surface area contributed by atoms with Crippen molar-refractivity contribution in [3.8, 4) is 11.5 Å². The molecule has 0 fully saturated rings. The lowest BCUT2D eigenvalue weighted by Gasteiger charge is -2.12. The van der Waals surface area contributed by atoms with Crippen LogP contribution in [0.25, 0.3) is 10.9 Å². The fourth-order valence-corrected chi connectivity index (χ4v) is 2.56. The maximum atomic E-state index is 5.97. The van der Waals surface area contributed by atoms with Crippen LogP contribution in [0.4, 0.5) is 5.69 Å². The molecule has 0 unspecified atom stereocenters. The van der Waals surface area contributed by atoms with Crippen molar-refractivity contribution in [1.29, 1.82) is 0 Å². The van der Waals surface area contributed by atoms with Gasteiger partial charge in [0, 0.05) is 16.6 Å². The van der Waals surface area contributed by atoms with Crippen LogP contribution in [0.5, 0.6) is 11.5 Å². The number of nitrogens with zero attached hydrogens (tertiary/aromatic N) is 1. The lowest BCUT2D eigenvalue weighted by Crippen LogP contribution is -1.94. The number of hydrogen-bond donors (Lipinski definition) is 1. The van der Waals surface area contributed by atoms with Crippen molar-refractivity contribution in [3.63, 3.8) is 0 Å². The number of aromatic nitrogens is 1. The van der Waals surface area contributed by atoms with Gasteiger partial charge in [-0.1, -0.05) is 17.7 Å². The van der Waals surface area contributed by atoms with Crippen molar-refractivity contribution in [3.05, 3.63) is 58.2 Å². The summed E-state index contributed by atoms with van der Waals surface area (Å²) in [5.74, 6) is 1.28. The Kier molecular flexibility index (Phi) is 3.51. The number of pyridine rings is 1. The summed E-state index contributed by atoms with van der Waals surface area (Å²) < 4.78 is 6.74. The number of nitrogen functional groups attached to an aromatic ring is 1. The number of para-hydroxylation sites is 1. The number of rotatable bonds is 2. The summed E-state index contributed by atoms with van der Waals surface area (Å²) in [5, 5.41) is 1.52. The molecule has 0 atom stereocenters. The SMILES string of the molecule is Nc1cccc(Br)c1Oc1ccnc2cc(Cl)ccc12. The first-order chi connectivity index (χ1) is 9.65. The van der Waals surface area contributed by atoms with E-state index in [0.717, 1.165) is 15.4 Å². The number of ether oxygens (including phenoxy) is 1. The summed E-state index contributed by atoms with van der Waals surface area (Å²) in [4.78, 5) is 4.28. The maximum Gasteiger partial charge on any atom is 0.164 e. The summed E-state index contributed by atoms with van der Waals surface area (Å²) in [7, 11) is 0. The minimum Gasteiger partial charge on any atom is -0.453 e. The van der Waals surface area contributed by atoms with E-state index < -0.39 is 0 Å². The Bertz CT molecular complexity index is 772. The van der Waals surface area contributed by atoms with Gasteiger partial charge < -0.3 is 10.5 Å². The summed E-state index contributed by atoms with van der Waals surface area (Å²) in [5.41, 5.74) is 7.29. The van der Waals surface area contributed by atoms with Gasteiger partial charge in [-0.05, 0) is 52.3 Å². The van der Waals surface area contributed by atoms with Gasteiger partial charge >= 0.3 is 0 Å². The van der Waals surface area contributed by atoms with E-state index in [1.54, 1.807) is 24.4 Å². The van der Waals surface area contributed by atoms with E-state index in [-0.39, 0.29) is 0 Å². The van der Waals surface area contributed by atoms with E-state index in [1.807, 2.05) is 24.3 Å². The second-order valence-electron chi connectivity index (χ2n) is 4.23. The average Bonchev–Trinajstić information content (AvgIpc) is 2.42. The molecule has 2 N–H and O–H groups in total. The lowest BCUT2D eigenvalue weighted by atomic mass is 10.2. The molecular formula is C15H10BrClN2O. The highest BCUT2D eigenvalue weighted by molar-refractivity contribution is 9.10. The van der Waals surface area contributed by atoms with E-state index in [1.165, 1.54) is 0 Å². The van der Waals surface area contributed by atoms with Crippen LogP contribution in [0.15, 0.2) is 53.1 Å². The zero-order valence-electron chi connectivity index (χ0n) is 10.3. The molecule has 3 aromatic rings. The van der Waals surface area contributed by atoms with E-state index in [2.05, 4.69) is 20.9 Å². The molecule has 1 aromatic heterocycles. The number of anilines is 1. The normalized spacial score (nSPS) is 10.7. The minimum absolute atomic E-state index is 0.568. The molecule has 2 aromatic carbocycles. The second-order valence-corrected chi connectivity index (χ2v) is 5.52. The fraction of sp³-hybridized carbons (Fsp3) is 0. The van der Waals surface area contributed by atoms with Crippen molar-refractivity contribution in [2.24, 2.45) is 0 Å². The quantitative estimate of drug-likeness (QED) is 0.660. The lowest BCUT2D eigenvalue weighted by molar-refractivity contribution is 0.487. The van der Waals surface area contributed by atoms with Crippen molar-refractivity contribution in [1.82, 2.24) is 4.98 Å². The molecule has 0 radical (unpaired) electrons. The third kappa shape index (κ3) is 2.44. The molecule has 0 aliphatic rings. The van der Waals surface area contributed by atoms with Crippen LogP contribution < -0.4 is 10.5 Å². The standard InChI is InChI=1S/C15H10BrClN2O/c16-11-2-1-3-12(18)15(11)20-14-6-7-19-13-8-9(17)4-5-10(13)14/h1-8H,18H2. The average molecular weight is 350 g/mol.